The Kier molecular flexibility index (Phi) is 5.27. The summed E-state index contributed by atoms with van der Waals surface area (Å²) in [6.45, 7) is 9.88. The number of rotatable bonds is 5. The molecule has 0 saturated carbocycles. The second-order valence-electron chi connectivity index (χ2n) is 5.52. The number of hydrogen-bond donors (Lipinski definition) is 0. The zero-order valence-electron chi connectivity index (χ0n) is 12.4. The Bertz CT molecular complexity index is 410. The molecule has 0 spiro atoms. The number of carbonyl (C=O) groups is 1. The van der Waals surface area contributed by atoms with Gasteiger partial charge in [-0.25, -0.2) is 0 Å². The van der Waals surface area contributed by atoms with Crippen LogP contribution in [0.3, 0.4) is 0 Å². The number of hydrogen-bond acceptors (Lipinski definition) is 5. The van der Waals surface area contributed by atoms with Crippen LogP contribution in [0.5, 0.6) is 0 Å². The van der Waals surface area contributed by atoms with Crippen molar-refractivity contribution in [2.45, 2.75) is 51.2 Å². The standard InChI is InChI=1S/C15H23NO3S/c1-5-6-7-13-16-14-10(3)9(2)12(8-18-11(4)17)19-15(14)20-13/h5,9-10,12,14-15H,1,6-8H2,2-4H3/t9-,10-,12+,14?,15?/m0/s1. The van der Waals surface area contributed by atoms with Crippen molar-refractivity contribution in [3.63, 3.8) is 0 Å². The Morgan fingerprint density at radius 1 is 1.50 bits per heavy atom. The van der Waals surface area contributed by atoms with E-state index in [0.717, 1.165) is 17.9 Å². The zero-order valence-corrected chi connectivity index (χ0v) is 13.2. The van der Waals surface area contributed by atoms with Gasteiger partial charge < -0.3 is 9.47 Å². The first-order chi connectivity index (χ1) is 9.52. The normalized spacial score (nSPS) is 36.1. The second-order valence-corrected chi connectivity index (χ2v) is 6.69. The number of thioether (sulfide) groups is 1. The van der Waals surface area contributed by atoms with Gasteiger partial charge in [0, 0.05) is 6.92 Å². The fourth-order valence-electron chi connectivity index (χ4n) is 2.62. The predicted molar refractivity (Wildman–Crippen MR) is 81.9 cm³/mol. The molecule has 1 fully saturated rings. The van der Waals surface area contributed by atoms with E-state index in [1.165, 1.54) is 6.92 Å². The van der Waals surface area contributed by atoms with Crippen molar-refractivity contribution in [3.8, 4) is 0 Å². The van der Waals surface area contributed by atoms with Gasteiger partial charge in [0.2, 0.25) is 0 Å². The first-order valence-electron chi connectivity index (χ1n) is 7.16. The maximum atomic E-state index is 11.0. The molecule has 2 unspecified atom stereocenters. The SMILES string of the molecule is C=CCCC1=NC2C(O[C@H](COC(C)=O)[C@@H](C)[C@@H]2C)S1. The lowest BCUT2D eigenvalue weighted by atomic mass is 9.83. The van der Waals surface area contributed by atoms with E-state index in [1.807, 2.05) is 6.08 Å². The first kappa shape index (κ1) is 15.6. The van der Waals surface area contributed by atoms with Crippen LogP contribution in [0.1, 0.15) is 33.6 Å². The molecule has 0 aromatic heterocycles. The van der Waals surface area contributed by atoms with E-state index in [2.05, 4.69) is 20.4 Å². The topological polar surface area (TPSA) is 47.9 Å². The highest BCUT2D eigenvalue weighted by Gasteiger charge is 2.45. The summed E-state index contributed by atoms with van der Waals surface area (Å²) in [7, 11) is 0. The molecule has 2 rings (SSSR count). The molecule has 2 aliphatic heterocycles. The van der Waals surface area contributed by atoms with Crippen molar-refractivity contribution in [1.29, 1.82) is 0 Å². The molecule has 112 valence electrons. The van der Waals surface area contributed by atoms with Gasteiger partial charge in [-0.2, -0.15) is 0 Å². The summed E-state index contributed by atoms with van der Waals surface area (Å²) in [6.07, 6.45) is 3.78. The maximum Gasteiger partial charge on any atom is 0.302 e. The van der Waals surface area contributed by atoms with Crippen LogP contribution in [-0.2, 0) is 14.3 Å². The monoisotopic (exact) mass is 297 g/mol. The van der Waals surface area contributed by atoms with Gasteiger partial charge in [0.25, 0.3) is 0 Å². The number of fused-ring (bicyclic) bond motifs is 1. The van der Waals surface area contributed by atoms with Gasteiger partial charge in [-0.1, -0.05) is 31.7 Å². The third-order valence-electron chi connectivity index (χ3n) is 4.10. The lowest BCUT2D eigenvalue weighted by Gasteiger charge is -2.40. The molecule has 0 amide bonds. The minimum atomic E-state index is -0.252. The summed E-state index contributed by atoms with van der Waals surface area (Å²) in [5, 5.41) is 1.16. The molecule has 2 heterocycles. The number of aliphatic imine (C=N–C) groups is 1. The number of nitrogens with zero attached hydrogens (tertiary/aromatic N) is 1. The Morgan fingerprint density at radius 3 is 2.90 bits per heavy atom. The van der Waals surface area contributed by atoms with Crippen molar-refractivity contribution >= 4 is 22.8 Å². The second kappa shape index (κ2) is 6.76. The minimum absolute atomic E-state index is 0.0309. The Balaban J connectivity index is 1.97. The van der Waals surface area contributed by atoms with E-state index in [4.69, 9.17) is 14.5 Å². The van der Waals surface area contributed by atoms with E-state index in [0.29, 0.717) is 18.4 Å². The molecular weight excluding hydrogens is 274 g/mol. The molecule has 4 nitrogen and oxygen atoms in total. The summed E-state index contributed by atoms with van der Waals surface area (Å²) < 4.78 is 11.2. The largest absolute Gasteiger partial charge is 0.463 e. The zero-order chi connectivity index (χ0) is 14.7. The number of carbonyl (C=O) groups excluding carboxylic acids is 1. The van der Waals surface area contributed by atoms with Crippen LogP contribution in [0.25, 0.3) is 0 Å². The van der Waals surface area contributed by atoms with Crippen molar-refractivity contribution < 1.29 is 14.3 Å². The molecule has 0 aromatic carbocycles. The average molecular weight is 297 g/mol. The summed E-state index contributed by atoms with van der Waals surface area (Å²) in [5.41, 5.74) is 0.0709. The van der Waals surface area contributed by atoms with Gasteiger partial charge in [-0.05, 0) is 24.7 Å². The highest BCUT2D eigenvalue weighted by molar-refractivity contribution is 8.14. The van der Waals surface area contributed by atoms with Crippen molar-refractivity contribution in [1.82, 2.24) is 0 Å². The third-order valence-corrected chi connectivity index (χ3v) is 5.30. The van der Waals surface area contributed by atoms with Gasteiger partial charge in [0.1, 0.15) is 12.0 Å². The van der Waals surface area contributed by atoms with Gasteiger partial charge in [-0.3, -0.25) is 9.79 Å². The van der Waals surface area contributed by atoms with Gasteiger partial charge >= 0.3 is 5.97 Å². The summed E-state index contributed by atoms with van der Waals surface area (Å²) in [6, 6.07) is 0.225. The summed E-state index contributed by atoms with van der Waals surface area (Å²) in [4.78, 5) is 15.8. The average Bonchev–Trinajstić information content (AvgIpc) is 2.82. The van der Waals surface area contributed by atoms with Gasteiger partial charge in [0.05, 0.1) is 17.2 Å². The number of esters is 1. The molecule has 1 saturated heterocycles. The van der Waals surface area contributed by atoms with Crippen LogP contribution < -0.4 is 0 Å². The van der Waals surface area contributed by atoms with Crippen molar-refractivity contribution in [3.05, 3.63) is 12.7 Å². The van der Waals surface area contributed by atoms with Gasteiger partial charge in [-0.15, -0.1) is 6.58 Å². The Labute approximate surface area is 125 Å². The quantitative estimate of drug-likeness (QED) is 0.578. The van der Waals surface area contributed by atoms with Gasteiger partial charge in [0.15, 0.2) is 0 Å². The summed E-state index contributed by atoms with van der Waals surface area (Å²) >= 11 is 1.72. The van der Waals surface area contributed by atoms with Crippen molar-refractivity contribution in [2.75, 3.05) is 6.61 Å². The molecule has 0 bridgehead atoms. The van der Waals surface area contributed by atoms with E-state index in [-0.39, 0.29) is 23.6 Å². The predicted octanol–water partition coefficient (Wildman–Crippen LogP) is 3.03. The fourth-order valence-corrected chi connectivity index (χ4v) is 3.95. The van der Waals surface area contributed by atoms with Crippen molar-refractivity contribution in [2.24, 2.45) is 16.8 Å². The molecule has 0 radical (unpaired) electrons. The highest BCUT2D eigenvalue weighted by atomic mass is 32.2. The van der Waals surface area contributed by atoms with E-state index in [1.54, 1.807) is 11.8 Å². The van der Waals surface area contributed by atoms with Crippen LogP contribution in [0.2, 0.25) is 0 Å². The molecule has 2 aliphatic rings. The van der Waals surface area contributed by atoms with E-state index in [9.17, 15) is 4.79 Å². The number of ether oxygens (including phenoxy) is 2. The van der Waals surface area contributed by atoms with Crippen LogP contribution in [0.4, 0.5) is 0 Å². The first-order valence-corrected chi connectivity index (χ1v) is 8.04. The molecule has 20 heavy (non-hydrogen) atoms. The molecule has 5 atom stereocenters. The van der Waals surface area contributed by atoms with E-state index >= 15 is 0 Å². The fraction of sp³-hybridized carbons (Fsp3) is 0.733. The molecule has 0 aliphatic carbocycles. The number of allylic oxidation sites excluding steroid dienone is 1. The minimum Gasteiger partial charge on any atom is -0.463 e. The van der Waals surface area contributed by atoms with Crippen LogP contribution in [0, 0.1) is 11.8 Å². The van der Waals surface area contributed by atoms with Crippen LogP contribution >= 0.6 is 11.8 Å². The molecular formula is C15H23NO3S. The lowest BCUT2D eigenvalue weighted by molar-refractivity contribution is -0.152. The smallest absolute Gasteiger partial charge is 0.302 e. The Hall–Kier alpha value is -0.810. The van der Waals surface area contributed by atoms with Crippen LogP contribution in [0.15, 0.2) is 17.6 Å². The third kappa shape index (κ3) is 3.44. The summed E-state index contributed by atoms with van der Waals surface area (Å²) in [5.74, 6) is 0.513. The molecule has 5 heteroatoms. The molecule has 0 aromatic rings. The molecule has 0 N–H and O–H groups in total. The Morgan fingerprint density at radius 2 is 2.25 bits per heavy atom. The maximum absolute atomic E-state index is 11.0. The highest BCUT2D eigenvalue weighted by Crippen LogP contribution is 2.42. The lowest BCUT2D eigenvalue weighted by Crippen LogP contribution is -2.47. The van der Waals surface area contributed by atoms with E-state index < -0.39 is 0 Å². The van der Waals surface area contributed by atoms with Crippen LogP contribution in [-0.4, -0.2) is 35.2 Å².